The Morgan fingerprint density at radius 2 is 2.21 bits per heavy atom. The molecule has 1 rings (SSSR count). The van der Waals surface area contributed by atoms with Crippen molar-refractivity contribution in [3.8, 4) is 0 Å². The number of nitrogen functional groups attached to an aromatic ring is 1. The van der Waals surface area contributed by atoms with Gasteiger partial charge in [-0.2, -0.15) is 0 Å². The summed E-state index contributed by atoms with van der Waals surface area (Å²) in [6, 6.07) is 1.41. The monoisotopic (exact) mass is 271 g/mol. The number of benzene rings is 1. The van der Waals surface area contributed by atoms with Crippen LogP contribution in [0.5, 0.6) is 0 Å². The van der Waals surface area contributed by atoms with Gasteiger partial charge in [0.05, 0.1) is 17.6 Å². The molecular weight excluding hydrogens is 261 g/mol. The summed E-state index contributed by atoms with van der Waals surface area (Å²) in [6.07, 6.45) is -3.36. The fraction of sp³-hybridized carbons (Fsp3) is 0.333. The molecule has 0 aliphatic carbocycles. The van der Waals surface area contributed by atoms with E-state index in [4.69, 9.17) is 11.3 Å². The zero-order chi connectivity index (χ0) is 14.6. The zero-order valence-corrected chi connectivity index (χ0v) is 9.47. The first-order valence-corrected chi connectivity index (χ1v) is 4.98. The Hall–Kier alpha value is -2.42. The average molecular weight is 271 g/mol. The van der Waals surface area contributed by atoms with E-state index in [1.54, 1.807) is 0 Å². The molecule has 0 aliphatic rings. The maximum absolute atomic E-state index is 13.5. The second kappa shape index (κ2) is 5.96. The first kappa shape index (κ1) is 14.6. The molecular formula is C9H10FN5O4. The number of halogens is 1. The molecule has 102 valence electrons. The highest BCUT2D eigenvalue weighted by molar-refractivity contribution is 5.60. The average Bonchev–Trinajstić information content (AvgIpc) is 2.34. The van der Waals surface area contributed by atoms with Crippen LogP contribution in [0.15, 0.2) is 17.2 Å². The second-order valence-corrected chi connectivity index (χ2v) is 3.62. The van der Waals surface area contributed by atoms with Crippen LogP contribution in [0.25, 0.3) is 10.4 Å². The minimum atomic E-state index is -1.77. The summed E-state index contributed by atoms with van der Waals surface area (Å²) >= 11 is 0. The molecule has 0 aromatic heterocycles. The molecule has 1 aromatic carbocycles. The van der Waals surface area contributed by atoms with Crippen LogP contribution in [0.4, 0.5) is 15.8 Å². The number of aliphatic hydroxyl groups is 2. The molecule has 0 spiro atoms. The van der Waals surface area contributed by atoms with Gasteiger partial charge in [-0.15, -0.1) is 0 Å². The van der Waals surface area contributed by atoms with E-state index in [-0.39, 0.29) is 0 Å². The van der Waals surface area contributed by atoms with Crippen molar-refractivity contribution in [2.24, 2.45) is 5.11 Å². The van der Waals surface area contributed by atoms with Crippen molar-refractivity contribution >= 4 is 11.4 Å². The van der Waals surface area contributed by atoms with E-state index in [1.165, 1.54) is 0 Å². The van der Waals surface area contributed by atoms with E-state index in [1.807, 2.05) is 0 Å². The van der Waals surface area contributed by atoms with Gasteiger partial charge in [0.2, 0.25) is 0 Å². The quantitative estimate of drug-likeness (QED) is 0.182. The van der Waals surface area contributed by atoms with Crippen LogP contribution in [0, 0.1) is 15.9 Å². The van der Waals surface area contributed by atoms with E-state index >= 15 is 0 Å². The number of hydrogen-bond acceptors (Lipinski definition) is 6. The molecule has 0 saturated heterocycles. The predicted molar refractivity (Wildman–Crippen MR) is 62.4 cm³/mol. The van der Waals surface area contributed by atoms with Crippen molar-refractivity contribution < 1.29 is 19.5 Å². The van der Waals surface area contributed by atoms with Crippen LogP contribution in [-0.2, 0) is 0 Å². The van der Waals surface area contributed by atoms with Gasteiger partial charge in [0, 0.05) is 22.6 Å². The first-order valence-electron chi connectivity index (χ1n) is 4.98. The number of nitro benzene ring substituents is 1. The lowest BCUT2D eigenvalue weighted by Gasteiger charge is -2.17. The molecule has 1 aromatic rings. The van der Waals surface area contributed by atoms with Crippen molar-refractivity contribution in [3.05, 3.63) is 44.1 Å². The summed E-state index contributed by atoms with van der Waals surface area (Å²) in [5.74, 6) is -1.00. The van der Waals surface area contributed by atoms with E-state index in [9.17, 15) is 24.7 Å². The van der Waals surface area contributed by atoms with Gasteiger partial charge in [0.15, 0.2) is 0 Å². The third kappa shape index (κ3) is 3.28. The fourth-order valence-electron chi connectivity index (χ4n) is 1.41. The van der Waals surface area contributed by atoms with Gasteiger partial charge in [-0.1, -0.05) is 5.11 Å². The molecule has 0 aliphatic heterocycles. The SMILES string of the molecule is [N-]=[N+]=NCC(O)C(O)c1cc([N+](=O)[O-])c(N)cc1F. The van der Waals surface area contributed by atoms with Gasteiger partial charge in [0.25, 0.3) is 5.69 Å². The Morgan fingerprint density at radius 1 is 1.58 bits per heavy atom. The standard InChI is InChI=1S/C9H10FN5O4/c10-5-2-6(11)7(15(18)19)1-4(5)9(17)8(16)3-13-14-12/h1-2,8-9,16-17H,3,11H2. The van der Waals surface area contributed by atoms with Gasteiger partial charge in [-0.05, 0) is 5.53 Å². The Morgan fingerprint density at radius 3 is 2.74 bits per heavy atom. The van der Waals surface area contributed by atoms with Crippen molar-refractivity contribution in [1.29, 1.82) is 0 Å². The predicted octanol–water partition coefficient (Wildman–Crippen LogP) is 1.02. The molecule has 0 fully saturated rings. The summed E-state index contributed by atoms with van der Waals surface area (Å²) in [5.41, 5.74) is 11.8. The number of hydrogen-bond donors (Lipinski definition) is 3. The Balaban J connectivity index is 3.15. The number of aliphatic hydroxyl groups excluding tert-OH is 2. The fourth-order valence-corrected chi connectivity index (χ4v) is 1.41. The minimum absolute atomic E-state index is 0.400. The third-order valence-corrected chi connectivity index (χ3v) is 2.36. The summed E-state index contributed by atoms with van der Waals surface area (Å²) in [4.78, 5) is 12.2. The molecule has 2 unspecified atom stereocenters. The van der Waals surface area contributed by atoms with Crippen LogP contribution in [0.2, 0.25) is 0 Å². The number of anilines is 1. The van der Waals surface area contributed by atoms with Crippen LogP contribution >= 0.6 is 0 Å². The smallest absolute Gasteiger partial charge is 0.292 e. The van der Waals surface area contributed by atoms with E-state index in [0.29, 0.717) is 6.07 Å². The number of nitro groups is 1. The van der Waals surface area contributed by atoms with E-state index < -0.39 is 46.4 Å². The molecule has 0 radical (unpaired) electrons. The van der Waals surface area contributed by atoms with Gasteiger partial charge in [-0.3, -0.25) is 10.1 Å². The highest BCUT2D eigenvalue weighted by Gasteiger charge is 2.25. The number of nitrogens with two attached hydrogens (primary N) is 1. The van der Waals surface area contributed by atoms with Gasteiger partial charge in [-0.25, -0.2) is 4.39 Å². The summed E-state index contributed by atoms with van der Waals surface area (Å²) in [7, 11) is 0. The zero-order valence-electron chi connectivity index (χ0n) is 9.47. The molecule has 0 heterocycles. The molecule has 2 atom stereocenters. The van der Waals surface area contributed by atoms with Crippen molar-refractivity contribution in [2.75, 3.05) is 12.3 Å². The lowest BCUT2D eigenvalue weighted by molar-refractivity contribution is -0.384. The number of azide groups is 1. The molecule has 10 heteroatoms. The van der Waals surface area contributed by atoms with Crippen molar-refractivity contribution in [3.63, 3.8) is 0 Å². The van der Waals surface area contributed by atoms with Crippen LogP contribution < -0.4 is 5.73 Å². The summed E-state index contributed by atoms with van der Waals surface area (Å²) in [5, 5.41) is 32.8. The highest BCUT2D eigenvalue weighted by Crippen LogP contribution is 2.29. The molecule has 9 nitrogen and oxygen atoms in total. The largest absolute Gasteiger partial charge is 0.393 e. The third-order valence-electron chi connectivity index (χ3n) is 2.36. The lowest BCUT2D eigenvalue weighted by atomic mass is 10.0. The van der Waals surface area contributed by atoms with Gasteiger partial charge < -0.3 is 15.9 Å². The van der Waals surface area contributed by atoms with Crippen LogP contribution in [-0.4, -0.2) is 27.8 Å². The maximum Gasteiger partial charge on any atom is 0.292 e. The minimum Gasteiger partial charge on any atom is -0.393 e. The van der Waals surface area contributed by atoms with Gasteiger partial charge in [0.1, 0.15) is 17.6 Å². The van der Waals surface area contributed by atoms with E-state index in [0.717, 1.165) is 6.07 Å². The molecule has 0 saturated carbocycles. The summed E-state index contributed by atoms with van der Waals surface area (Å²) < 4.78 is 13.5. The molecule has 19 heavy (non-hydrogen) atoms. The summed E-state index contributed by atoms with van der Waals surface area (Å²) in [6.45, 7) is -0.505. The maximum atomic E-state index is 13.5. The van der Waals surface area contributed by atoms with Crippen LogP contribution in [0.1, 0.15) is 11.7 Å². The van der Waals surface area contributed by atoms with Crippen LogP contribution in [0.3, 0.4) is 0 Å². The van der Waals surface area contributed by atoms with Gasteiger partial charge >= 0.3 is 0 Å². The molecule has 4 N–H and O–H groups in total. The molecule has 0 bridgehead atoms. The molecule has 0 amide bonds. The Labute approximate surface area is 105 Å². The lowest BCUT2D eigenvalue weighted by Crippen LogP contribution is -2.22. The van der Waals surface area contributed by atoms with E-state index in [2.05, 4.69) is 10.0 Å². The highest BCUT2D eigenvalue weighted by atomic mass is 19.1. The van der Waals surface area contributed by atoms with Crippen molar-refractivity contribution in [2.45, 2.75) is 12.2 Å². The Kier molecular flexibility index (Phi) is 4.59. The normalized spacial score (nSPS) is 13.4. The number of nitrogens with zero attached hydrogens (tertiary/aromatic N) is 4. The Bertz CT molecular complexity index is 546. The van der Waals surface area contributed by atoms with Crippen molar-refractivity contribution in [1.82, 2.24) is 0 Å². The topological polar surface area (TPSA) is 158 Å². The first-order chi connectivity index (χ1) is 8.88. The number of rotatable bonds is 5. The second-order valence-electron chi connectivity index (χ2n) is 3.62.